The van der Waals surface area contributed by atoms with Gasteiger partial charge in [-0.1, -0.05) is 18.2 Å². The molecule has 5 rings (SSSR count). The number of para-hydroxylation sites is 1. The highest BCUT2D eigenvalue weighted by Crippen LogP contribution is 2.26. The Bertz CT molecular complexity index is 1160. The predicted molar refractivity (Wildman–Crippen MR) is 103 cm³/mol. The van der Waals surface area contributed by atoms with Gasteiger partial charge < -0.3 is 5.32 Å². The topological polar surface area (TPSA) is 72.7 Å². The molecule has 0 saturated heterocycles. The van der Waals surface area contributed by atoms with Gasteiger partial charge in [-0.05, 0) is 36.8 Å². The van der Waals surface area contributed by atoms with Crippen molar-refractivity contribution in [2.24, 2.45) is 0 Å². The van der Waals surface area contributed by atoms with Crippen LogP contribution < -0.4 is 5.32 Å². The summed E-state index contributed by atoms with van der Waals surface area (Å²) < 4.78 is 1.79. The number of rotatable bonds is 2. The third kappa shape index (κ3) is 2.85. The molecule has 0 aliphatic carbocycles. The number of fused-ring (bicyclic) bond motifs is 2. The van der Waals surface area contributed by atoms with Crippen molar-refractivity contribution >= 4 is 16.8 Å². The molecule has 0 unspecified atom stereocenters. The van der Waals surface area contributed by atoms with Gasteiger partial charge in [-0.2, -0.15) is 5.10 Å². The monoisotopic (exact) mass is 355 g/mol. The number of aryl methyl sites for hydroxylation is 1. The molecule has 0 fully saturated rings. The van der Waals surface area contributed by atoms with Crippen molar-refractivity contribution in [3.63, 3.8) is 0 Å². The number of hydrogen-bond donors (Lipinski definition) is 1. The largest absolute Gasteiger partial charge is 0.351 e. The van der Waals surface area contributed by atoms with Gasteiger partial charge in [0.2, 0.25) is 0 Å². The molecule has 0 radical (unpaired) electrons. The molecule has 1 aliphatic heterocycles. The van der Waals surface area contributed by atoms with Crippen molar-refractivity contribution in [3.8, 4) is 22.5 Å². The molecule has 0 spiro atoms. The van der Waals surface area contributed by atoms with Crippen molar-refractivity contribution in [1.29, 1.82) is 0 Å². The first-order valence-electron chi connectivity index (χ1n) is 8.95. The first-order chi connectivity index (χ1) is 13.3. The van der Waals surface area contributed by atoms with Crippen molar-refractivity contribution in [2.45, 2.75) is 13.0 Å². The number of benzene rings is 1. The van der Waals surface area contributed by atoms with Crippen LogP contribution in [0.2, 0.25) is 0 Å². The van der Waals surface area contributed by atoms with E-state index < -0.39 is 0 Å². The lowest BCUT2D eigenvalue weighted by Gasteiger charge is -2.05. The smallest absolute Gasteiger partial charge is 0.269 e. The molecular weight excluding hydrogens is 338 g/mol. The standard InChI is InChI=1S/C21H17N5O/c27-21-20-12-19(25-26(20)9-3-7-23-21)15-6-8-22-18(11-15)16-10-14-4-1-2-5-17(14)24-13-16/h1-2,4-6,8,10-13H,3,7,9H2,(H,23,27). The fraction of sp³-hybridized carbons (Fsp3) is 0.143. The van der Waals surface area contributed by atoms with Gasteiger partial charge in [0.15, 0.2) is 0 Å². The zero-order chi connectivity index (χ0) is 18.2. The molecule has 6 nitrogen and oxygen atoms in total. The van der Waals surface area contributed by atoms with Gasteiger partial charge in [-0.25, -0.2) is 0 Å². The van der Waals surface area contributed by atoms with Crippen LogP contribution in [0.3, 0.4) is 0 Å². The predicted octanol–water partition coefficient (Wildman–Crippen LogP) is 3.29. The molecule has 132 valence electrons. The number of hydrogen-bond acceptors (Lipinski definition) is 4. The Labute approximate surface area is 155 Å². The Kier molecular flexibility index (Phi) is 3.67. The maximum Gasteiger partial charge on any atom is 0.269 e. The van der Waals surface area contributed by atoms with Crippen LogP contribution in [0.15, 0.2) is 60.9 Å². The van der Waals surface area contributed by atoms with Gasteiger partial charge in [0, 0.05) is 42.0 Å². The van der Waals surface area contributed by atoms with Gasteiger partial charge in [0.05, 0.1) is 16.9 Å². The number of nitrogens with zero attached hydrogens (tertiary/aromatic N) is 4. The van der Waals surface area contributed by atoms with Crippen molar-refractivity contribution in [3.05, 3.63) is 66.6 Å². The van der Waals surface area contributed by atoms with E-state index in [1.165, 1.54) is 0 Å². The van der Waals surface area contributed by atoms with Gasteiger partial charge in [0.1, 0.15) is 5.69 Å². The normalized spacial score (nSPS) is 13.9. The summed E-state index contributed by atoms with van der Waals surface area (Å²) in [5, 5.41) is 8.60. The molecular formula is C21H17N5O. The fourth-order valence-electron chi connectivity index (χ4n) is 3.39. The van der Waals surface area contributed by atoms with Crippen LogP contribution >= 0.6 is 0 Å². The fourth-order valence-corrected chi connectivity index (χ4v) is 3.39. The maximum atomic E-state index is 12.2. The molecule has 1 amide bonds. The highest BCUT2D eigenvalue weighted by Gasteiger charge is 2.18. The first-order valence-corrected chi connectivity index (χ1v) is 8.95. The zero-order valence-electron chi connectivity index (χ0n) is 14.6. The highest BCUT2D eigenvalue weighted by atomic mass is 16.2. The average molecular weight is 355 g/mol. The Balaban J connectivity index is 1.55. The molecule has 0 saturated carbocycles. The Hall–Kier alpha value is -3.54. The van der Waals surface area contributed by atoms with E-state index in [4.69, 9.17) is 0 Å². The number of carbonyl (C=O) groups is 1. The second-order valence-corrected chi connectivity index (χ2v) is 6.59. The lowest BCUT2D eigenvalue weighted by Crippen LogP contribution is -2.22. The summed E-state index contributed by atoms with van der Waals surface area (Å²) >= 11 is 0. The average Bonchev–Trinajstić information content (AvgIpc) is 3.07. The minimum Gasteiger partial charge on any atom is -0.351 e. The van der Waals surface area contributed by atoms with E-state index in [1.54, 1.807) is 10.9 Å². The van der Waals surface area contributed by atoms with E-state index in [2.05, 4.69) is 26.4 Å². The van der Waals surface area contributed by atoms with Gasteiger partial charge >= 0.3 is 0 Å². The number of pyridine rings is 2. The van der Waals surface area contributed by atoms with E-state index in [9.17, 15) is 4.79 Å². The molecule has 1 aromatic carbocycles. The lowest BCUT2D eigenvalue weighted by atomic mass is 10.1. The number of carbonyl (C=O) groups excluding carboxylic acids is 1. The number of nitrogens with one attached hydrogen (secondary N) is 1. The van der Waals surface area contributed by atoms with Crippen molar-refractivity contribution < 1.29 is 4.79 Å². The minimum absolute atomic E-state index is 0.0701. The molecule has 0 bridgehead atoms. The molecule has 1 aliphatic rings. The van der Waals surface area contributed by atoms with E-state index in [-0.39, 0.29) is 5.91 Å². The molecule has 4 aromatic rings. The molecule has 3 aromatic heterocycles. The minimum atomic E-state index is -0.0701. The molecule has 27 heavy (non-hydrogen) atoms. The van der Waals surface area contributed by atoms with E-state index in [0.29, 0.717) is 12.2 Å². The van der Waals surface area contributed by atoms with Gasteiger partial charge in [0.25, 0.3) is 5.91 Å². The quantitative estimate of drug-likeness (QED) is 0.599. The Morgan fingerprint density at radius 1 is 0.963 bits per heavy atom. The Morgan fingerprint density at radius 2 is 1.89 bits per heavy atom. The second-order valence-electron chi connectivity index (χ2n) is 6.59. The van der Waals surface area contributed by atoms with Crippen LogP contribution in [0.25, 0.3) is 33.4 Å². The molecule has 6 heteroatoms. The Morgan fingerprint density at radius 3 is 2.85 bits per heavy atom. The third-order valence-electron chi connectivity index (χ3n) is 4.79. The molecule has 1 N–H and O–H groups in total. The summed E-state index contributed by atoms with van der Waals surface area (Å²) in [6, 6.07) is 15.9. The van der Waals surface area contributed by atoms with Gasteiger partial charge in [-0.3, -0.25) is 19.4 Å². The second kappa shape index (κ2) is 6.32. The molecule has 4 heterocycles. The van der Waals surface area contributed by atoms with Crippen LogP contribution in [0.5, 0.6) is 0 Å². The van der Waals surface area contributed by atoms with E-state index >= 15 is 0 Å². The lowest BCUT2D eigenvalue weighted by molar-refractivity contribution is 0.0950. The van der Waals surface area contributed by atoms with Crippen LogP contribution in [0, 0.1) is 0 Å². The molecule has 0 atom stereocenters. The van der Waals surface area contributed by atoms with Gasteiger partial charge in [-0.15, -0.1) is 0 Å². The van der Waals surface area contributed by atoms with Crippen LogP contribution in [-0.4, -0.2) is 32.2 Å². The highest BCUT2D eigenvalue weighted by molar-refractivity contribution is 5.94. The van der Waals surface area contributed by atoms with Crippen LogP contribution in [0.1, 0.15) is 16.9 Å². The van der Waals surface area contributed by atoms with Crippen LogP contribution in [-0.2, 0) is 6.54 Å². The summed E-state index contributed by atoms with van der Waals surface area (Å²) in [6.07, 6.45) is 4.49. The van der Waals surface area contributed by atoms with Crippen molar-refractivity contribution in [1.82, 2.24) is 25.1 Å². The maximum absolute atomic E-state index is 12.2. The number of amides is 1. The van der Waals surface area contributed by atoms with E-state index in [0.717, 1.165) is 46.4 Å². The van der Waals surface area contributed by atoms with Crippen molar-refractivity contribution in [2.75, 3.05) is 6.54 Å². The third-order valence-corrected chi connectivity index (χ3v) is 4.79. The summed E-state index contributed by atoms with van der Waals surface area (Å²) in [4.78, 5) is 21.2. The van der Waals surface area contributed by atoms with Crippen LogP contribution in [0.4, 0.5) is 0 Å². The summed E-state index contributed by atoms with van der Waals surface area (Å²) in [7, 11) is 0. The summed E-state index contributed by atoms with van der Waals surface area (Å²) in [6.45, 7) is 1.42. The van der Waals surface area contributed by atoms with E-state index in [1.807, 2.05) is 48.7 Å². The SMILES string of the molecule is O=C1NCCCn2nc(-c3ccnc(-c4cnc5ccccc5c4)c3)cc21. The number of aromatic nitrogens is 4. The first kappa shape index (κ1) is 15.7. The summed E-state index contributed by atoms with van der Waals surface area (Å²) in [5.74, 6) is -0.0701. The zero-order valence-corrected chi connectivity index (χ0v) is 14.6. The summed E-state index contributed by atoms with van der Waals surface area (Å²) in [5.41, 5.74) is 5.06.